The van der Waals surface area contributed by atoms with Gasteiger partial charge < -0.3 is 30.4 Å². The number of aliphatic hydroxyl groups excluding tert-OH is 2. The van der Waals surface area contributed by atoms with E-state index in [1.165, 1.54) is 25.7 Å². The van der Waals surface area contributed by atoms with Crippen molar-refractivity contribution < 1.29 is 20.6 Å². The van der Waals surface area contributed by atoms with Crippen LogP contribution in [0.2, 0.25) is 0 Å². The third kappa shape index (κ3) is 13.2. The first-order valence-electron chi connectivity index (χ1n) is 11.8. The Bertz CT molecular complexity index is 412. The number of hydrogen-bond acceptors (Lipinski definition) is 8. The lowest BCUT2D eigenvalue weighted by Crippen LogP contribution is -2.34. The quantitative estimate of drug-likeness (QED) is 0.216. The molecule has 2 fully saturated rings. The molecule has 0 aromatic carbocycles. The van der Waals surface area contributed by atoms with Crippen molar-refractivity contribution in [1.29, 1.82) is 0 Å². The molecule has 0 aromatic heterocycles. The maximum Gasteiger partial charge on any atom is 0.0596 e. The lowest BCUT2D eigenvalue weighted by atomic mass is 10.1. The second-order valence-corrected chi connectivity index (χ2v) is 8.29. The average molecular weight is 429 g/mol. The van der Waals surface area contributed by atoms with Gasteiger partial charge in [0.05, 0.1) is 11.4 Å². The zero-order valence-electron chi connectivity index (χ0n) is 18.7. The molecule has 2 rings (SSSR count). The third-order valence-corrected chi connectivity index (χ3v) is 5.91. The molecular weight excluding hydrogens is 384 g/mol. The van der Waals surface area contributed by atoms with Gasteiger partial charge in [-0.3, -0.25) is 0 Å². The number of likely N-dealkylation sites (tertiary alicyclic amines) is 2. The molecule has 8 nitrogen and oxygen atoms in total. The second-order valence-electron chi connectivity index (χ2n) is 8.29. The van der Waals surface area contributed by atoms with Gasteiger partial charge in [0.2, 0.25) is 0 Å². The molecule has 8 heteroatoms. The van der Waals surface area contributed by atoms with Crippen LogP contribution in [-0.2, 0) is 0 Å². The number of aliphatic hydroxyl groups is 2. The van der Waals surface area contributed by atoms with E-state index in [4.69, 9.17) is 20.6 Å². The molecule has 0 amide bonds. The molecule has 0 aliphatic carbocycles. The fourth-order valence-corrected chi connectivity index (χ4v) is 3.87. The number of unbranched alkanes of at least 4 members (excludes halogenated alkanes) is 6. The number of hydrogen-bond donors (Lipinski definition) is 4. The second kappa shape index (κ2) is 18.5. The molecule has 176 valence electrons. The van der Waals surface area contributed by atoms with Gasteiger partial charge in [-0.1, -0.05) is 36.0 Å². The molecule has 0 bridgehead atoms. The number of piperidine rings is 2. The molecular formula is C22H44N4O4. The van der Waals surface area contributed by atoms with Crippen molar-refractivity contribution in [3.63, 3.8) is 0 Å². The lowest BCUT2D eigenvalue weighted by Gasteiger charge is -2.26. The Hall–Kier alpha value is -1.22. The number of nitrogens with zero attached hydrogens (tertiary/aromatic N) is 4. The van der Waals surface area contributed by atoms with Crippen molar-refractivity contribution in [3.8, 4) is 0 Å². The normalized spacial score (nSPS) is 18.1. The number of oxime groups is 2. The molecule has 0 aromatic rings. The van der Waals surface area contributed by atoms with Crippen LogP contribution in [-0.4, -0.2) is 94.3 Å². The summed E-state index contributed by atoms with van der Waals surface area (Å²) in [7, 11) is 0. The largest absolute Gasteiger partial charge is 0.411 e. The fraction of sp³-hybridized carbons (Fsp3) is 0.909. The van der Waals surface area contributed by atoms with Crippen LogP contribution in [0.15, 0.2) is 10.3 Å². The van der Waals surface area contributed by atoms with Crippen LogP contribution in [0, 0.1) is 0 Å². The van der Waals surface area contributed by atoms with E-state index in [2.05, 4.69) is 20.1 Å². The summed E-state index contributed by atoms with van der Waals surface area (Å²) >= 11 is 0. The summed E-state index contributed by atoms with van der Waals surface area (Å²) in [6.07, 6.45) is 12.6. The topological polar surface area (TPSA) is 112 Å². The highest BCUT2D eigenvalue weighted by molar-refractivity contribution is 5.85. The minimum absolute atomic E-state index is 0.319. The molecule has 4 N–H and O–H groups in total. The van der Waals surface area contributed by atoms with Crippen LogP contribution < -0.4 is 0 Å². The van der Waals surface area contributed by atoms with Crippen molar-refractivity contribution in [2.45, 2.75) is 77.0 Å². The van der Waals surface area contributed by atoms with Gasteiger partial charge in [-0.05, 0) is 38.8 Å². The summed E-state index contributed by atoms with van der Waals surface area (Å²) in [4.78, 5) is 4.85. The molecule has 0 spiro atoms. The minimum Gasteiger partial charge on any atom is -0.411 e. The van der Waals surface area contributed by atoms with Crippen LogP contribution in [0.4, 0.5) is 0 Å². The standard InChI is InChI=1S/2C11H22N2O2/c2*14-10-4-2-1-3-7-13-8-5-11(12-15)6-9-13/h2*14-15H,1-10H2. The van der Waals surface area contributed by atoms with Gasteiger partial charge in [0.1, 0.15) is 0 Å². The third-order valence-electron chi connectivity index (χ3n) is 5.91. The summed E-state index contributed by atoms with van der Waals surface area (Å²) < 4.78 is 0. The Balaban J connectivity index is 0.000000300. The van der Waals surface area contributed by atoms with Crippen LogP contribution in [0.25, 0.3) is 0 Å². The van der Waals surface area contributed by atoms with E-state index in [1.807, 2.05) is 0 Å². The van der Waals surface area contributed by atoms with E-state index in [-0.39, 0.29) is 0 Å². The zero-order chi connectivity index (χ0) is 21.9. The highest BCUT2D eigenvalue weighted by atomic mass is 16.4. The summed E-state index contributed by atoms with van der Waals surface area (Å²) in [6.45, 7) is 7.03. The van der Waals surface area contributed by atoms with Gasteiger partial charge in [0, 0.05) is 65.1 Å². The summed E-state index contributed by atoms with van der Waals surface area (Å²) in [6, 6.07) is 0. The molecule has 2 aliphatic rings. The Morgan fingerprint density at radius 1 is 0.533 bits per heavy atom. The monoisotopic (exact) mass is 428 g/mol. The van der Waals surface area contributed by atoms with E-state index in [0.717, 1.165) is 102 Å². The molecule has 2 saturated heterocycles. The SMILES string of the molecule is OCCCCCCN1CCC(=NO)CC1.OCCCCCCN1CCC(=NO)CC1. The zero-order valence-corrected chi connectivity index (χ0v) is 18.7. The van der Waals surface area contributed by atoms with Crippen LogP contribution in [0.1, 0.15) is 77.0 Å². The summed E-state index contributed by atoms with van der Waals surface area (Å²) in [5.74, 6) is 0. The smallest absolute Gasteiger partial charge is 0.0596 e. The Morgan fingerprint density at radius 3 is 1.17 bits per heavy atom. The van der Waals surface area contributed by atoms with E-state index in [9.17, 15) is 0 Å². The van der Waals surface area contributed by atoms with Crippen molar-refractivity contribution in [1.82, 2.24) is 9.80 Å². The first kappa shape index (κ1) is 26.8. The fourth-order valence-electron chi connectivity index (χ4n) is 3.87. The molecule has 2 aliphatic heterocycles. The molecule has 0 atom stereocenters. The van der Waals surface area contributed by atoms with Gasteiger partial charge in [-0.2, -0.15) is 0 Å². The van der Waals surface area contributed by atoms with Gasteiger partial charge in [-0.15, -0.1) is 0 Å². The number of rotatable bonds is 12. The van der Waals surface area contributed by atoms with Crippen LogP contribution >= 0.6 is 0 Å². The molecule has 0 radical (unpaired) electrons. The molecule has 30 heavy (non-hydrogen) atoms. The van der Waals surface area contributed by atoms with Gasteiger partial charge >= 0.3 is 0 Å². The summed E-state index contributed by atoms with van der Waals surface area (Å²) in [5.41, 5.74) is 1.87. The minimum atomic E-state index is 0.319. The van der Waals surface area contributed by atoms with Gasteiger partial charge in [-0.25, -0.2) is 0 Å². The van der Waals surface area contributed by atoms with Gasteiger partial charge in [0.25, 0.3) is 0 Å². The van der Waals surface area contributed by atoms with Crippen LogP contribution in [0.5, 0.6) is 0 Å². The van der Waals surface area contributed by atoms with E-state index in [1.54, 1.807) is 0 Å². The van der Waals surface area contributed by atoms with Crippen molar-refractivity contribution >= 4 is 11.4 Å². The highest BCUT2D eigenvalue weighted by Crippen LogP contribution is 2.10. The highest BCUT2D eigenvalue weighted by Gasteiger charge is 2.15. The maximum atomic E-state index is 8.62. The van der Waals surface area contributed by atoms with E-state index in [0.29, 0.717) is 13.2 Å². The van der Waals surface area contributed by atoms with Crippen LogP contribution in [0.3, 0.4) is 0 Å². The predicted octanol–water partition coefficient (Wildman–Crippen LogP) is 2.93. The van der Waals surface area contributed by atoms with Gasteiger partial charge in [0.15, 0.2) is 0 Å². The first-order valence-corrected chi connectivity index (χ1v) is 11.8. The van der Waals surface area contributed by atoms with Crippen molar-refractivity contribution in [2.75, 3.05) is 52.5 Å². The Morgan fingerprint density at radius 2 is 0.867 bits per heavy atom. The molecule has 0 unspecified atom stereocenters. The predicted molar refractivity (Wildman–Crippen MR) is 121 cm³/mol. The molecule has 0 saturated carbocycles. The molecule has 2 heterocycles. The van der Waals surface area contributed by atoms with Crippen molar-refractivity contribution in [3.05, 3.63) is 0 Å². The van der Waals surface area contributed by atoms with E-state index < -0.39 is 0 Å². The summed E-state index contributed by atoms with van der Waals surface area (Å²) in [5, 5.41) is 41.0. The Kier molecular flexibility index (Phi) is 16.6. The maximum absolute atomic E-state index is 8.62. The van der Waals surface area contributed by atoms with E-state index >= 15 is 0 Å². The van der Waals surface area contributed by atoms with Crippen molar-refractivity contribution in [2.24, 2.45) is 10.3 Å². The average Bonchev–Trinajstić information content (AvgIpc) is 2.80. The lowest BCUT2D eigenvalue weighted by molar-refractivity contribution is 0.253. The Labute approximate surface area is 182 Å². The first-order chi connectivity index (χ1) is 14.7.